The topological polar surface area (TPSA) is 52.3 Å². The highest BCUT2D eigenvalue weighted by Crippen LogP contribution is 2.22. The van der Waals surface area contributed by atoms with Gasteiger partial charge in [-0.3, -0.25) is 0 Å². The third kappa shape index (κ3) is 3.42. The average molecular weight is 315 g/mol. The van der Waals surface area contributed by atoms with Crippen molar-refractivity contribution in [2.75, 3.05) is 0 Å². The first kappa shape index (κ1) is 14.9. The molecule has 116 valence electrons. The molecule has 0 radical (unpaired) electrons. The van der Waals surface area contributed by atoms with Crippen molar-refractivity contribution in [3.8, 4) is 11.3 Å². The molecule has 0 aliphatic rings. The molecule has 0 saturated heterocycles. The van der Waals surface area contributed by atoms with Gasteiger partial charge in [-0.1, -0.05) is 29.4 Å². The first-order valence-electron chi connectivity index (χ1n) is 6.76. The van der Waals surface area contributed by atoms with Crippen molar-refractivity contribution >= 4 is 5.97 Å². The molecule has 1 aromatic heterocycles. The van der Waals surface area contributed by atoms with E-state index in [-0.39, 0.29) is 23.6 Å². The van der Waals surface area contributed by atoms with Gasteiger partial charge in [-0.2, -0.15) is 0 Å². The van der Waals surface area contributed by atoms with Gasteiger partial charge in [0.15, 0.2) is 0 Å². The molecule has 4 nitrogen and oxygen atoms in total. The first-order chi connectivity index (χ1) is 11.1. The normalized spacial score (nSPS) is 10.5. The fourth-order valence-electron chi connectivity index (χ4n) is 2.01. The van der Waals surface area contributed by atoms with Crippen LogP contribution in [-0.4, -0.2) is 11.1 Å². The molecule has 2 aromatic carbocycles. The van der Waals surface area contributed by atoms with E-state index in [2.05, 4.69) is 5.16 Å². The number of aromatic nitrogens is 1. The maximum Gasteiger partial charge on any atom is 0.377 e. The van der Waals surface area contributed by atoms with Crippen LogP contribution in [0.1, 0.15) is 16.1 Å². The number of halogens is 2. The van der Waals surface area contributed by atoms with Gasteiger partial charge in [-0.25, -0.2) is 13.6 Å². The second-order valence-corrected chi connectivity index (χ2v) is 4.76. The maximum absolute atomic E-state index is 13.7. The zero-order chi connectivity index (χ0) is 16.2. The number of esters is 1. The molecular formula is C17H11F2NO3. The number of hydrogen-bond acceptors (Lipinski definition) is 4. The summed E-state index contributed by atoms with van der Waals surface area (Å²) < 4.78 is 36.6. The van der Waals surface area contributed by atoms with Crippen molar-refractivity contribution in [1.82, 2.24) is 5.16 Å². The van der Waals surface area contributed by atoms with E-state index < -0.39 is 17.6 Å². The Bertz CT molecular complexity index is 845. The van der Waals surface area contributed by atoms with Crippen LogP contribution in [0.15, 0.2) is 59.1 Å². The molecule has 0 aliphatic carbocycles. The van der Waals surface area contributed by atoms with E-state index in [1.807, 2.05) is 0 Å². The molecule has 3 rings (SSSR count). The van der Waals surface area contributed by atoms with E-state index in [9.17, 15) is 13.6 Å². The van der Waals surface area contributed by atoms with Gasteiger partial charge in [-0.05, 0) is 29.8 Å². The van der Waals surface area contributed by atoms with E-state index in [0.29, 0.717) is 5.56 Å². The molecule has 0 unspecified atom stereocenters. The number of ether oxygens (including phenoxy) is 1. The van der Waals surface area contributed by atoms with Crippen molar-refractivity contribution in [3.05, 3.63) is 77.6 Å². The SMILES string of the molecule is O=C(OCc1cccc(F)c1)c1cc(-c2ccccc2F)no1. The second-order valence-electron chi connectivity index (χ2n) is 4.76. The minimum atomic E-state index is -0.760. The smallest absolute Gasteiger partial charge is 0.377 e. The quantitative estimate of drug-likeness (QED) is 0.683. The number of rotatable bonds is 4. The van der Waals surface area contributed by atoms with Gasteiger partial charge >= 0.3 is 5.97 Å². The summed E-state index contributed by atoms with van der Waals surface area (Å²) >= 11 is 0. The van der Waals surface area contributed by atoms with Crippen LogP contribution in [0.25, 0.3) is 11.3 Å². The second kappa shape index (κ2) is 6.39. The summed E-state index contributed by atoms with van der Waals surface area (Å²) in [5.41, 5.74) is 0.924. The average Bonchev–Trinajstić information content (AvgIpc) is 3.03. The third-order valence-corrected chi connectivity index (χ3v) is 3.12. The number of hydrogen-bond donors (Lipinski definition) is 0. The van der Waals surface area contributed by atoms with Crippen LogP contribution in [0, 0.1) is 11.6 Å². The molecule has 0 atom stereocenters. The summed E-state index contributed by atoms with van der Waals surface area (Å²) in [6.45, 7) is -0.105. The Kier molecular flexibility index (Phi) is 4.14. The summed E-state index contributed by atoms with van der Waals surface area (Å²) in [6.07, 6.45) is 0. The van der Waals surface area contributed by atoms with Gasteiger partial charge in [0.05, 0.1) is 0 Å². The minimum Gasteiger partial charge on any atom is -0.455 e. The first-order valence-corrected chi connectivity index (χ1v) is 6.76. The van der Waals surface area contributed by atoms with Crippen molar-refractivity contribution in [2.24, 2.45) is 0 Å². The highest BCUT2D eigenvalue weighted by atomic mass is 19.1. The Balaban J connectivity index is 1.70. The van der Waals surface area contributed by atoms with E-state index in [0.717, 1.165) is 0 Å². The standard InChI is InChI=1S/C17H11F2NO3/c18-12-5-3-4-11(8-12)10-22-17(21)16-9-15(20-23-16)13-6-1-2-7-14(13)19/h1-9H,10H2. The number of carbonyl (C=O) groups excluding carboxylic acids is 1. The number of nitrogens with zero attached hydrogens (tertiary/aromatic N) is 1. The van der Waals surface area contributed by atoms with Crippen LogP contribution in [0.2, 0.25) is 0 Å². The zero-order valence-corrected chi connectivity index (χ0v) is 11.8. The molecule has 1 heterocycles. The van der Waals surface area contributed by atoms with E-state index in [1.165, 1.54) is 36.4 Å². The monoisotopic (exact) mass is 315 g/mol. The summed E-state index contributed by atoms with van der Waals surface area (Å²) in [6, 6.07) is 13.0. The largest absolute Gasteiger partial charge is 0.455 e. The molecule has 3 aromatic rings. The highest BCUT2D eigenvalue weighted by Gasteiger charge is 2.17. The summed E-state index contributed by atoms with van der Waals surface area (Å²) in [5, 5.41) is 3.66. The summed E-state index contributed by atoms with van der Waals surface area (Å²) in [5.74, 6) is -1.80. The van der Waals surface area contributed by atoms with Gasteiger partial charge in [0.1, 0.15) is 23.9 Å². The van der Waals surface area contributed by atoms with Gasteiger partial charge in [0.25, 0.3) is 0 Å². The van der Waals surface area contributed by atoms with Gasteiger partial charge < -0.3 is 9.26 Å². The van der Waals surface area contributed by atoms with Crippen LogP contribution >= 0.6 is 0 Å². The lowest BCUT2D eigenvalue weighted by atomic mass is 10.1. The Hall–Kier alpha value is -3.02. The molecule has 0 spiro atoms. The van der Waals surface area contributed by atoms with Crippen LogP contribution in [0.4, 0.5) is 8.78 Å². The predicted octanol–water partition coefficient (Wildman–Crippen LogP) is 3.98. The number of carbonyl (C=O) groups is 1. The number of benzene rings is 2. The van der Waals surface area contributed by atoms with E-state index >= 15 is 0 Å². The van der Waals surface area contributed by atoms with Crippen LogP contribution in [0.5, 0.6) is 0 Å². The third-order valence-electron chi connectivity index (χ3n) is 3.12. The lowest BCUT2D eigenvalue weighted by Gasteiger charge is -2.02. The Morgan fingerprint density at radius 3 is 2.70 bits per heavy atom. The Morgan fingerprint density at radius 2 is 1.91 bits per heavy atom. The van der Waals surface area contributed by atoms with Crippen LogP contribution in [0.3, 0.4) is 0 Å². The summed E-state index contributed by atoms with van der Waals surface area (Å²) in [7, 11) is 0. The Morgan fingerprint density at radius 1 is 1.09 bits per heavy atom. The molecule has 23 heavy (non-hydrogen) atoms. The van der Waals surface area contributed by atoms with Gasteiger partial charge in [-0.15, -0.1) is 0 Å². The Labute approximate surface area is 130 Å². The highest BCUT2D eigenvalue weighted by molar-refractivity contribution is 5.87. The lowest BCUT2D eigenvalue weighted by molar-refractivity contribution is 0.0425. The molecule has 0 aliphatic heterocycles. The molecule has 0 amide bonds. The molecule has 0 fully saturated rings. The van der Waals surface area contributed by atoms with Gasteiger partial charge in [0.2, 0.25) is 5.76 Å². The molecular weight excluding hydrogens is 304 g/mol. The van der Waals surface area contributed by atoms with Crippen molar-refractivity contribution < 1.29 is 22.8 Å². The maximum atomic E-state index is 13.7. The molecule has 0 saturated carbocycles. The van der Waals surface area contributed by atoms with Crippen LogP contribution < -0.4 is 0 Å². The van der Waals surface area contributed by atoms with Crippen LogP contribution in [-0.2, 0) is 11.3 Å². The van der Waals surface area contributed by atoms with Crippen molar-refractivity contribution in [3.63, 3.8) is 0 Å². The fourth-order valence-corrected chi connectivity index (χ4v) is 2.01. The molecule has 0 N–H and O–H groups in total. The van der Waals surface area contributed by atoms with E-state index in [1.54, 1.807) is 18.2 Å². The zero-order valence-electron chi connectivity index (χ0n) is 11.8. The lowest BCUT2D eigenvalue weighted by Crippen LogP contribution is -2.04. The van der Waals surface area contributed by atoms with Crippen molar-refractivity contribution in [2.45, 2.75) is 6.61 Å². The van der Waals surface area contributed by atoms with E-state index in [4.69, 9.17) is 9.26 Å². The molecule has 0 bridgehead atoms. The van der Waals surface area contributed by atoms with Crippen molar-refractivity contribution in [1.29, 1.82) is 0 Å². The predicted molar refractivity (Wildman–Crippen MR) is 77.4 cm³/mol. The summed E-state index contributed by atoms with van der Waals surface area (Å²) in [4.78, 5) is 11.9. The molecule has 6 heteroatoms. The minimum absolute atomic E-state index is 0.105. The fraction of sp³-hybridized carbons (Fsp3) is 0.0588. The van der Waals surface area contributed by atoms with Gasteiger partial charge in [0, 0.05) is 11.6 Å².